The van der Waals surface area contributed by atoms with Crippen molar-refractivity contribution in [3.8, 4) is 17.2 Å². The summed E-state index contributed by atoms with van der Waals surface area (Å²) < 4.78 is 26.7. The lowest BCUT2D eigenvalue weighted by Gasteiger charge is -2.09. The van der Waals surface area contributed by atoms with Gasteiger partial charge >= 0.3 is 17.9 Å². The predicted octanol–water partition coefficient (Wildman–Crippen LogP) is 7.04. The average molecular weight is 668 g/mol. The van der Waals surface area contributed by atoms with E-state index in [2.05, 4.69) is 18.5 Å². The van der Waals surface area contributed by atoms with E-state index in [-0.39, 0.29) is 5.91 Å². The molecule has 0 fully saturated rings. The van der Waals surface area contributed by atoms with Crippen molar-refractivity contribution in [2.45, 2.75) is 32.6 Å². The second-order valence-electron chi connectivity index (χ2n) is 10.5. The number of unbranched alkanes of at least 4 members (excludes halogenated alkanes) is 2. The molecule has 0 bridgehead atoms. The summed E-state index contributed by atoms with van der Waals surface area (Å²) in [6, 6.07) is 19.5. The number of rotatable bonds is 20. The van der Waals surface area contributed by atoms with E-state index < -0.39 is 17.9 Å². The third kappa shape index (κ3) is 15.0. The number of hydrogen-bond acceptors (Lipinski definition) is 9. The number of aryl methyl sites for hydroxylation is 1. The molecule has 3 aromatic rings. The summed E-state index contributed by atoms with van der Waals surface area (Å²) >= 11 is 0. The molecule has 0 heterocycles. The van der Waals surface area contributed by atoms with E-state index in [1.807, 2.05) is 36.4 Å². The molecule has 0 aliphatic heterocycles. The summed E-state index contributed by atoms with van der Waals surface area (Å²) in [5, 5.41) is 2.83. The molecule has 0 atom stereocenters. The number of ether oxygens (including phenoxy) is 5. The summed E-state index contributed by atoms with van der Waals surface area (Å²) in [7, 11) is 0. The molecular weight excluding hydrogens is 626 g/mol. The molecule has 0 saturated carbocycles. The molecule has 0 aromatic heterocycles. The largest absolute Gasteiger partial charge is 0.494 e. The lowest BCUT2D eigenvalue weighted by atomic mass is 10.1. The van der Waals surface area contributed by atoms with Crippen LogP contribution in [0.4, 0.5) is 5.69 Å². The van der Waals surface area contributed by atoms with E-state index >= 15 is 0 Å². The van der Waals surface area contributed by atoms with Crippen LogP contribution in [0.15, 0.2) is 104 Å². The van der Waals surface area contributed by atoms with E-state index in [4.69, 9.17) is 23.7 Å². The fourth-order valence-corrected chi connectivity index (χ4v) is 4.10. The molecule has 0 radical (unpaired) electrons. The number of hydrogen-bond donors (Lipinski definition) is 1. The quantitative estimate of drug-likeness (QED) is 0.0584. The lowest BCUT2D eigenvalue weighted by molar-refractivity contribution is -0.138. The first-order valence-electron chi connectivity index (χ1n) is 15.8. The number of amides is 1. The van der Waals surface area contributed by atoms with E-state index in [9.17, 15) is 19.2 Å². The number of carbonyl (C=O) groups is 4. The molecule has 256 valence electrons. The van der Waals surface area contributed by atoms with E-state index in [0.717, 1.165) is 41.7 Å². The zero-order valence-electron chi connectivity index (χ0n) is 27.6. The first-order chi connectivity index (χ1) is 23.7. The van der Waals surface area contributed by atoms with Gasteiger partial charge in [-0.05, 0) is 104 Å². The first kappa shape index (κ1) is 37.6. The fraction of sp³-hybridized carbons (Fsp3) is 0.231. The minimum atomic E-state index is -0.542. The molecule has 49 heavy (non-hydrogen) atoms. The Kier molecular flexibility index (Phi) is 16.1. The molecule has 0 aliphatic carbocycles. The van der Waals surface area contributed by atoms with Crippen molar-refractivity contribution in [3.63, 3.8) is 0 Å². The Morgan fingerprint density at radius 3 is 1.57 bits per heavy atom. The van der Waals surface area contributed by atoms with Crippen molar-refractivity contribution in [3.05, 3.63) is 121 Å². The standard InChI is InChI=1S/C39H41NO9/c1-4-37(42)47-26-8-6-24-45-32-16-10-30(11-17-32)14-22-36(41)40-35-21-20-34(28-29(35)3)49-39(44)23-15-31-12-18-33(19-13-31)46-25-7-9-27-48-38(43)5-2/h4-5,10-23,28H,1-2,6-9,24-27H2,3H3,(H,40,41). The van der Waals surface area contributed by atoms with Gasteiger partial charge in [-0.1, -0.05) is 37.4 Å². The molecule has 0 aliphatic rings. The van der Waals surface area contributed by atoms with Crippen LogP contribution in [0.25, 0.3) is 12.2 Å². The van der Waals surface area contributed by atoms with Crippen LogP contribution in [0.5, 0.6) is 17.2 Å². The van der Waals surface area contributed by atoms with Gasteiger partial charge in [0.2, 0.25) is 5.91 Å². The maximum absolute atomic E-state index is 12.5. The van der Waals surface area contributed by atoms with Crippen LogP contribution in [-0.2, 0) is 28.7 Å². The van der Waals surface area contributed by atoms with Crippen LogP contribution >= 0.6 is 0 Å². The Labute approximate surface area is 286 Å². The van der Waals surface area contributed by atoms with Crippen molar-refractivity contribution >= 4 is 41.7 Å². The molecule has 1 N–H and O–H groups in total. The van der Waals surface area contributed by atoms with Crippen LogP contribution in [0, 0.1) is 6.92 Å². The fourth-order valence-electron chi connectivity index (χ4n) is 4.10. The summed E-state index contributed by atoms with van der Waals surface area (Å²) in [4.78, 5) is 47.0. The Hall–Kier alpha value is -5.90. The van der Waals surface area contributed by atoms with Gasteiger partial charge in [0.25, 0.3) is 0 Å². The second kappa shape index (κ2) is 21.1. The van der Waals surface area contributed by atoms with Gasteiger partial charge in [0.1, 0.15) is 17.2 Å². The zero-order valence-corrected chi connectivity index (χ0v) is 27.6. The summed E-state index contributed by atoms with van der Waals surface area (Å²) in [5.41, 5.74) is 2.94. The Morgan fingerprint density at radius 1 is 0.612 bits per heavy atom. The molecule has 3 rings (SSSR count). The van der Waals surface area contributed by atoms with Crippen molar-refractivity contribution < 1.29 is 42.9 Å². The average Bonchev–Trinajstić information content (AvgIpc) is 3.11. The van der Waals surface area contributed by atoms with E-state index in [0.29, 0.717) is 62.2 Å². The van der Waals surface area contributed by atoms with Crippen molar-refractivity contribution in [2.24, 2.45) is 0 Å². The Balaban J connectivity index is 1.37. The SMILES string of the molecule is C=CC(=O)OCCCCOc1ccc(C=CC(=O)Nc2ccc(OC(=O)C=Cc3ccc(OCCCCOC(=O)C=C)cc3)cc2C)cc1. The Bertz CT molecular complexity index is 1620. The van der Waals surface area contributed by atoms with E-state index in [1.165, 1.54) is 12.2 Å². The lowest BCUT2D eigenvalue weighted by Crippen LogP contribution is -2.09. The highest BCUT2D eigenvalue weighted by atomic mass is 16.5. The van der Waals surface area contributed by atoms with E-state index in [1.54, 1.807) is 49.4 Å². The molecule has 10 nitrogen and oxygen atoms in total. The molecule has 1 amide bonds. The van der Waals surface area contributed by atoms with Crippen LogP contribution in [0.3, 0.4) is 0 Å². The zero-order chi connectivity index (χ0) is 35.3. The molecule has 10 heteroatoms. The third-order valence-electron chi connectivity index (χ3n) is 6.71. The topological polar surface area (TPSA) is 126 Å². The van der Waals surface area contributed by atoms with Gasteiger partial charge in [0.05, 0.1) is 26.4 Å². The number of carbonyl (C=O) groups excluding carboxylic acids is 4. The van der Waals surface area contributed by atoms with Crippen LogP contribution < -0.4 is 19.5 Å². The number of esters is 3. The normalized spacial score (nSPS) is 10.7. The Morgan fingerprint density at radius 2 is 1.08 bits per heavy atom. The van der Waals surface area contributed by atoms with Gasteiger partial charge in [-0.3, -0.25) is 4.79 Å². The van der Waals surface area contributed by atoms with Crippen LogP contribution in [0.2, 0.25) is 0 Å². The first-order valence-corrected chi connectivity index (χ1v) is 15.8. The molecule has 0 saturated heterocycles. The third-order valence-corrected chi connectivity index (χ3v) is 6.71. The number of benzene rings is 3. The highest BCUT2D eigenvalue weighted by molar-refractivity contribution is 6.02. The monoisotopic (exact) mass is 667 g/mol. The summed E-state index contributed by atoms with van der Waals surface area (Å²) in [5.74, 6) is 0.0231. The van der Waals surface area contributed by atoms with Crippen molar-refractivity contribution in [1.29, 1.82) is 0 Å². The van der Waals surface area contributed by atoms with Crippen LogP contribution in [0.1, 0.15) is 42.4 Å². The van der Waals surface area contributed by atoms with Gasteiger partial charge < -0.3 is 29.0 Å². The van der Waals surface area contributed by atoms with Crippen LogP contribution in [-0.4, -0.2) is 50.2 Å². The van der Waals surface area contributed by atoms with Crippen molar-refractivity contribution in [2.75, 3.05) is 31.7 Å². The van der Waals surface area contributed by atoms with Gasteiger partial charge in [0.15, 0.2) is 0 Å². The number of anilines is 1. The second-order valence-corrected chi connectivity index (χ2v) is 10.5. The van der Waals surface area contributed by atoms with Gasteiger partial charge in [-0.15, -0.1) is 0 Å². The minimum absolute atomic E-state index is 0.309. The highest BCUT2D eigenvalue weighted by Crippen LogP contribution is 2.22. The minimum Gasteiger partial charge on any atom is -0.494 e. The summed E-state index contributed by atoms with van der Waals surface area (Å²) in [6.45, 7) is 10.1. The van der Waals surface area contributed by atoms with Gasteiger partial charge in [0, 0.05) is 30.0 Å². The maximum atomic E-state index is 12.5. The van der Waals surface area contributed by atoms with Gasteiger partial charge in [-0.25, -0.2) is 14.4 Å². The maximum Gasteiger partial charge on any atom is 0.336 e. The van der Waals surface area contributed by atoms with Crippen molar-refractivity contribution in [1.82, 2.24) is 0 Å². The smallest absolute Gasteiger partial charge is 0.336 e. The predicted molar refractivity (Wildman–Crippen MR) is 188 cm³/mol. The molecule has 0 unspecified atom stereocenters. The van der Waals surface area contributed by atoms with Gasteiger partial charge in [-0.2, -0.15) is 0 Å². The summed E-state index contributed by atoms with van der Waals surface area (Å²) in [6.07, 6.45) is 11.2. The molecule has 0 spiro atoms. The molecule has 3 aromatic carbocycles. The number of nitrogens with one attached hydrogen (secondary N) is 1. The molecular formula is C39H41NO9. The highest BCUT2D eigenvalue weighted by Gasteiger charge is 2.07.